The van der Waals surface area contributed by atoms with Crippen molar-refractivity contribution < 1.29 is 9.53 Å². The quantitative estimate of drug-likeness (QED) is 0.738. The van der Waals surface area contributed by atoms with Gasteiger partial charge in [-0.05, 0) is 19.3 Å². The van der Waals surface area contributed by atoms with Crippen molar-refractivity contribution in [2.45, 2.75) is 38.5 Å². The molecule has 18 heavy (non-hydrogen) atoms. The molecule has 0 saturated heterocycles. The number of carbonyl (C=O) groups is 1. The van der Waals surface area contributed by atoms with E-state index in [1.807, 2.05) is 0 Å². The first-order valence-corrected chi connectivity index (χ1v) is 6.87. The van der Waals surface area contributed by atoms with Crippen molar-refractivity contribution in [2.75, 3.05) is 26.7 Å². The summed E-state index contributed by atoms with van der Waals surface area (Å²) in [6.07, 6.45) is 6.35. The number of hydrogen-bond acceptors (Lipinski definition) is 5. The number of rotatable bonds is 3. The number of carbonyl (C=O) groups excluding carboxylic acids is 1. The Morgan fingerprint density at radius 1 is 1.39 bits per heavy atom. The molecule has 0 aromatic heterocycles. The third-order valence-corrected chi connectivity index (χ3v) is 3.92. The lowest BCUT2D eigenvalue weighted by Gasteiger charge is -2.35. The molecule has 0 radical (unpaired) electrons. The van der Waals surface area contributed by atoms with Crippen LogP contribution in [0.15, 0.2) is 4.99 Å². The average molecular weight is 253 g/mol. The molecule has 1 aliphatic heterocycles. The van der Waals surface area contributed by atoms with Crippen LogP contribution < -0.4 is 10.6 Å². The molecule has 1 saturated carbocycles. The first-order chi connectivity index (χ1) is 8.77. The van der Waals surface area contributed by atoms with Gasteiger partial charge in [0.25, 0.3) is 0 Å². The molecular formula is C13H23N3O2. The van der Waals surface area contributed by atoms with Gasteiger partial charge in [-0.3, -0.25) is 9.79 Å². The normalized spacial score (nSPS) is 22.6. The number of nitrogens with zero attached hydrogens (tertiary/aromatic N) is 1. The van der Waals surface area contributed by atoms with E-state index in [2.05, 4.69) is 15.6 Å². The van der Waals surface area contributed by atoms with Crippen LogP contribution in [0, 0.1) is 5.41 Å². The van der Waals surface area contributed by atoms with Gasteiger partial charge in [-0.25, -0.2) is 0 Å². The summed E-state index contributed by atoms with van der Waals surface area (Å²) in [6, 6.07) is 0. The fourth-order valence-electron chi connectivity index (χ4n) is 2.80. The Kier molecular flexibility index (Phi) is 4.44. The van der Waals surface area contributed by atoms with E-state index in [1.165, 1.54) is 13.5 Å². The minimum absolute atomic E-state index is 0.0777. The van der Waals surface area contributed by atoms with Gasteiger partial charge in [0.1, 0.15) is 0 Å². The van der Waals surface area contributed by atoms with Crippen molar-refractivity contribution in [1.82, 2.24) is 10.6 Å². The van der Waals surface area contributed by atoms with Crippen LogP contribution >= 0.6 is 0 Å². The SMILES string of the molecule is COC(=O)C1(CNC2=NCCCN2)CCCCC1. The van der Waals surface area contributed by atoms with Crippen molar-refractivity contribution in [3.8, 4) is 0 Å². The first-order valence-electron chi connectivity index (χ1n) is 6.87. The molecule has 1 fully saturated rings. The molecule has 0 bridgehead atoms. The second-order valence-electron chi connectivity index (χ2n) is 5.20. The Bertz CT molecular complexity index is 322. The van der Waals surface area contributed by atoms with Gasteiger partial charge in [0.15, 0.2) is 5.96 Å². The van der Waals surface area contributed by atoms with Crippen molar-refractivity contribution in [1.29, 1.82) is 0 Å². The number of ether oxygens (including phenoxy) is 1. The molecule has 1 aliphatic carbocycles. The molecule has 0 amide bonds. The summed E-state index contributed by atoms with van der Waals surface area (Å²) in [5.41, 5.74) is -0.353. The highest BCUT2D eigenvalue weighted by Gasteiger charge is 2.40. The van der Waals surface area contributed by atoms with Gasteiger partial charge in [0.05, 0.1) is 12.5 Å². The average Bonchev–Trinajstić information content (AvgIpc) is 2.46. The van der Waals surface area contributed by atoms with Gasteiger partial charge in [-0.2, -0.15) is 0 Å². The number of esters is 1. The van der Waals surface area contributed by atoms with E-state index >= 15 is 0 Å². The van der Waals surface area contributed by atoms with Crippen LogP contribution in [0.25, 0.3) is 0 Å². The van der Waals surface area contributed by atoms with Gasteiger partial charge in [0, 0.05) is 19.6 Å². The zero-order valence-electron chi connectivity index (χ0n) is 11.1. The lowest BCUT2D eigenvalue weighted by atomic mass is 9.74. The smallest absolute Gasteiger partial charge is 0.313 e. The van der Waals surface area contributed by atoms with E-state index in [9.17, 15) is 4.79 Å². The molecule has 2 rings (SSSR count). The van der Waals surface area contributed by atoms with Gasteiger partial charge >= 0.3 is 5.97 Å². The van der Waals surface area contributed by atoms with Crippen molar-refractivity contribution in [3.05, 3.63) is 0 Å². The molecule has 0 unspecified atom stereocenters. The fourth-order valence-corrected chi connectivity index (χ4v) is 2.80. The van der Waals surface area contributed by atoms with E-state index in [1.54, 1.807) is 0 Å². The van der Waals surface area contributed by atoms with E-state index in [0.717, 1.165) is 51.2 Å². The molecule has 0 aromatic carbocycles. The number of methoxy groups -OCH3 is 1. The molecule has 0 atom stereocenters. The third kappa shape index (κ3) is 2.94. The molecule has 102 valence electrons. The van der Waals surface area contributed by atoms with Crippen LogP contribution in [0.2, 0.25) is 0 Å². The minimum Gasteiger partial charge on any atom is -0.469 e. The molecule has 0 spiro atoms. The van der Waals surface area contributed by atoms with Crippen LogP contribution in [-0.4, -0.2) is 38.7 Å². The maximum atomic E-state index is 12.0. The number of aliphatic imine (C=N–C) groups is 1. The molecular weight excluding hydrogens is 230 g/mol. The molecule has 5 nitrogen and oxygen atoms in total. The van der Waals surface area contributed by atoms with Crippen molar-refractivity contribution in [2.24, 2.45) is 10.4 Å². The number of hydrogen-bond donors (Lipinski definition) is 2. The summed E-state index contributed by atoms with van der Waals surface area (Å²) in [6.45, 7) is 2.45. The summed E-state index contributed by atoms with van der Waals surface area (Å²) in [4.78, 5) is 16.4. The summed E-state index contributed by atoms with van der Waals surface area (Å²) >= 11 is 0. The van der Waals surface area contributed by atoms with Crippen LogP contribution in [0.3, 0.4) is 0 Å². The summed E-state index contributed by atoms with van der Waals surface area (Å²) in [5, 5.41) is 6.51. The fraction of sp³-hybridized carbons (Fsp3) is 0.846. The van der Waals surface area contributed by atoms with Gasteiger partial charge < -0.3 is 15.4 Å². The molecule has 2 aliphatic rings. The van der Waals surface area contributed by atoms with Crippen molar-refractivity contribution >= 4 is 11.9 Å². The highest BCUT2D eigenvalue weighted by molar-refractivity contribution is 5.82. The van der Waals surface area contributed by atoms with E-state index < -0.39 is 0 Å². The number of nitrogens with one attached hydrogen (secondary N) is 2. The lowest BCUT2D eigenvalue weighted by Crippen LogP contribution is -2.49. The second-order valence-corrected chi connectivity index (χ2v) is 5.20. The van der Waals surface area contributed by atoms with Crippen LogP contribution in [0.4, 0.5) is 0 Å². The Morgan fingerprint density at radius 3 is 2.78 bits per heavy atom. The zero-order valence-corrected chi connectivity index (χ0v) is 11.1. The van der Waals surface area contributed by atoms with Crippen LogP contribution in [-0.2, 0) is 9.53 Å². The Morgan fingerprint density at radius 2 is 2.17 bits per heavy atom. The summed E-state index contributed by atoms with van der Waals surface area (Å²) in [7, 11) is 1.48. The second kappa shape index (κ2) is 6.07. The molecule has 5 heteroatoms. The zero-order chi connectivity index (χ0) is 12.8. The Hall–Kier alpha value is -1.26. The summed E-state index contributed by atoms with van der Waals surface area (Å²) in [5.74, 6) is 0.751. The number of guanidine groups is 1. The Labute approximate surface area is 108 Å². The topological polar surface area (TPSA) is 62.7 Å². The van der Waals surface area contributed by atoms with Crippen LogP contribution in [0.1, 0.15) is 38.5 Å². The predicted octanol–water partition coefficient (Wildman–Crippen LogP) is 1.05. The molecule has 0 aromatic rings. The molecule has 1 heterocycles. The standard InChI is InChI=1S/C13H23N3O2/c1-18-11(17)13(6-3-2-4-7-13)10-16-12-14-8-5-9-15-12/h2-10H2,1H3,(H2,14,15,16). The van der Waals surface area contributed by atoms with E-state index in [0.29, 0.717) is 6.54 Å². The maximum Gasteiger partial charge on any atom is 0.313 e. The highest BCUT2D eigenvalue weighted by atomic mass is 16.5. The van der Waals surface area contributed by atoms with Gasteiger partial charge in [0.2, 0.25) is 0 Å². The first kappa shape index (κ1) is 13.2. The summed E-state index contributed by atoms with van der Waals surface area (Å²) < 4.78 is 4.99. The minimum atomic E-state index is -0.353. The highest BCUT2D eigenvalue weighted by Crippen LogP contribution is 2.36. The lowest BCUT2D eigenvalue weighted by molar-refractivity contribution is -0.154. The van der Waals surface area contributed by atoms with Gasteiger partial charge in [-0.1, -0.05) is 19.3 Å². The maximum absolute atomic E-state index is 12.0. The van der Waals surface area contributed by atoms with Crippen molar-refractivity contribution in [3.63, 3.8) is 0 Å². The monoisotopic (exact) mass is 253 g/mol. The van der Waals surface area contributed by atoms with Crippen LogP contribution in [0.5, 0.6) is 0 Å². The predicted molar refractivity (Wildman–Crippen MR) is 70.5 cm³/mol. The largest absolute Gasteiger partial charge is 0.469 e. The Balaban J connectivity index is 1.96. The van der Waals surface area contributed by atoms with E-state index in [-0.39, 0.29) is 11.4 Å². The van der Waals surface area contributed by atoms with E-state index in [4.69, 9.17) is 4.74 Å². The van der Waals surface area contributed by atoms with Gasteiger partial charge in [-0.15, -0.1) is 0 Å². The third-order valence-electron chi connectivity index (χ3n) is 3.92. The molecule has 2 N–H and O–H groups in total.